The Hall–Kier alpha value is -1.28. The number of ether oxygens (including phenoxy) is 1. The summed E-state index contributed by atoms with van der Waals surface area (Å²) in [6.07, 6.45) is 4.38. The summed E-state index contributed by atoms with van der Waals surface area (Å²) in [6.45, 7) is 15.9. The number of rotatable bonds is 6. The molecule has 0 unspecified atom stereocenters. The number of benzene rings is 1. The minimum atomic E-state index is 0.202. The summed E-state index contributed by atoms with van der Waals surface area (Å²) in [6, 6.07) is 8.25. The van der Waals surface area contributed by atoms with E-state index in [1.807, 2.05) is 12.1 Å². The topological polar surface area (TPSA) is 21.3 Å². The Morgan fingerprint density at radius 3 is 2.43 bits per heavy atom. The normalized spacial score (nSPS) is 12.9. The van der Waals surface area contributed by atoms with E-state index in [4.69, 9.17) is 4.74 Å². The van der Waals surface area contributed by atoms with Gasteiger partial charge in [0, 0.05) is 13.1 Å². The molecule has 0 bridgehead atoms. The van der Waals surface area contributed by atoms with Crippen LogP contribution in [-0.2, 0) is 0 Å². The Kier molecular flexibility index (Phi) is 6.47. The van der Waals surface area contributed by atoms with Crippen molar-refractivity contribution in [3.63, 3.8) is 0 Å². The Bertz CT molecular complexity index is 449. The van der Waals surface area contributed by atoms with Crippen LogP contribution in [0.15, 0.2) is 30.3 Å². The van der Waals surface area contributed by atoms with Crippen LogP contribution in [0.25, 0.3) is 6.08 Å². The summed E-state index contributed by atoms with van der Waals surface area (Å²) in [4.78, 5) is 0. The summed E-state index contributed by atoms with van der Waals surface area (Å²) in [7, 11) is 0. The maximum Gasteiger partial charge on any atom is 0.119 e. The van der Waals surface area contributed by atoms with Crippen LogP contribution in [0.3, 0.4) is 0 Å². The summed E-state index contributed by atoms with van der Waals surface area (Å²) in [5.41, 5.74) is 1.70. The minimum Gasteiger partial charge on any atom is -0.492 e. The van der Waals surface area contributed by atoms with Gasteiger partial charge in [-0.25, -0.2) is 0 Å². The van der Waals surface area contributed by atoms with Gasteiger partial charge in [0.05, 0.1) is 0 Å². The molecule has 0 radical (unpaired) electrons. The van der Waals surface area contributed by atoms with Gasteiger partial charge in [-0.1, -0.05) is 65.8 Å². The molecule has 0 saturated heterocycles. The Morgan fingerprint density at radius 1 is 1.10 bits per heavy atom. The zero-order valence-electron chi connectivity index (χ0n) is 14.5. The van der Waals surface area contributed by atoms with Gasteiger partial charge in [0.2, 0.25) is 0 Å². The molecule has 0 spiro atoms. The lowest BCUT2D eigenvalue weighted by molar-refractivity contribution is 0.297. The molecule has 21 heavy (non-hydrogen) atoms. The van der Waals surface area contributed by atoms with Gasteiger partial charge in [0.1, 0.15) is 12.4 Å². The Morgan fingerprint density at radius 2 is 1.81 bits per heavy atom. The second-order valence-electron chi connectivity index (χ2n) is 7.86. The molecule has 0 aromatic heterocycles. The third-order valence-electron chi connectivity index (χ3n) is 2.84. The molecular formula is C19H31NO. The van der Waals surface area contributed by atoms with Crippen molar-refractivity contribution >= 4 is 6.08 Å². The summed E-state index contributed by atoms with van der Waals surface area (Å²) in [5.74, 6) is 0.934. The Balaban J connectivity index is 2.41. The fourth-order valence-corrected chi connectivity index (χ4v) is 1.76. The number of allylic oxidation sites excluding steroid dienone is 1. The van der Waals surface area contributed by atoms with Crippen molar-refractivity contribution in [1.82, 2.24) is 5.32 Å². The zero-order valence-corrected chi connectivity index (χ0v) is 14.5. The standard InChI is InChI=1S/C19H31NO/c1-18(2,3)11-10-16-8-7-9-17(14-16)21-13-12-20-15-19(4,5)6/h7-11,14,20H,12-13,15H2,1-6H3/b11-10+. The van der Waals surface area contributed by atoms with Gasteiger partial charge in [-0.3, -0.25) is 0 Å². The summed E-state index contributed by atoms with van der Waals surface area (Å²) < 4.78 is 5.80. The average Bonchev–Trinajstić information content (AvgIpc) is 2.34. The quantitative estimate of drug-likeness (QED) is 0.762. The largest absolute Gasteiger partial charge is 0.492 e. The molecule has 0 amide bonds. The lowest BCUT2D eigenvalue weighted by Gasteiger charge is -2.18. The fraction of sp³-hybridized carbons (Fsp3) is 0.579. The van der Waals surface area contributed by atoms with Gasteiger partial charge < -0.3 is 10.1 Å². The van der Waals surface area contributed by atoms with Crippen LogP contribution in [0.1, 0.15) is 47.1 Å². The van der Waals surface area contributed by atoms with Gasteiger partial charge in [0.25, 0.3) is 0 Å². The fourth-order valence-electron chi connectivity index (χ4n) is 1.76. The molecule has 2 heteroatoms. The van der Waals surface area contributed by atoms with E-state index in [2.05, 4.69) is 71.1 Å². The van der Waals surface area contributed by atoms with E-state index in [1.54, 1.807) is 0 Å². The van der Waals surface area contributed by atoms with Crippen molar-refractivity contribution in [2.75, 3.05) is 19.7 Å². The molecule has 0 atom stereocenters. The van der Waals surface area contributed by atoms with Crippen molar-refractivity contribution in [1.29, 1.82) is 0 Å². The van der Waals surface area contributed by atoms with Crippen LogP contribution in [-0.4, -0.2) is 19.7 Å². The molecule has 2 nitrogen and oxygen atoms in total. The molecule has 1 rings (SSSR count). The number of nitrogens with one attached hydrogen (secondary N) is 1. The number of hydrogen-bond acceptors (Lipinski definition) is 2. The van der Waals surface area contributed by atoms with E-state index >= 15 is 0 Å². The maximum absolute atomic E-state index is 5.80. The molecule has 0 heterocycles. The molecule has 0 aliphatic rings. The van der Waals surface area contributed by atoms with E-state index in [-0.39, 0.29) is 5.41 Å². The summed E-state index contributed by atoms with van der Waals surface area (Å²) in [5, 5.41) is 3.42. The first-order valence-electron chi connectivity index (χ1n) is 7.79. The highest BCUT2D eigenvalue weighted by atomic mass is 16.5. The molecule has 0 aliphatic carbocycles. The zero-order chi connectivity index (χ0) is 15.9. The van der Waals surface area contributed by atoms with Crippen molar-refractivity contribution in [2.45, 2.75) is 41.5 Å². The van der Waals surface area contributed by atoms with Gasteiger partial charge >= 0.3 is 0 Å². The highest BCUT2D eigenvalue weighted by Gasteiger charge is 2.08. The maximum atomic E-state index is 5.80. The predicted molar refractivity (Wildman–Crippen MR) is 92.8 cm³/mol. The minimum absolute atomic E-state index is 0.202. The molecule has 0 fully saturated rings. The van der Waals surface area contributed by atoms with E-state index in [0.717, 1.165) is 18.8 Å². The Labute approximate surface area is 130 Å². The first kappa shape index (κ1) is 17.8. The molecule has 1 aromatic rings. The van der Waals surface area contributed by atoms with Crippen molar-refractivity contribution in [3.8, 4) is 5.75 Å². The van der Waals surface area contributed by atoms with Crippen molar-refractivity contribution in [3.05, 3.63) is 35.9 Å². The van der Waals surface area contributed by atoms with E-state index in [0.29, 0.717) is 12.0 Å². The van der Waals surface area contributed by atoms with Crippen LogP contribution < -0.4 is 10.1 Å². The number of hydrogen-bond donors (Lipinski definition) is 1. The second-order valence-corrected chi connectivity index (χ2v) is 7.86. The third-order valence-corrected chi connectivity index (χ3v) is 2.84. The lowest BCUT2D eigenvalue weighted by atomic mass is 9.95. The van der Waals surface area contributed by atoms with Crippen LogP contribution >= 0.6 is 0 Å². The van der Waals surface area contributed by atoms with Gasteiger partial charge in [-0.05, 0) is 28.5 Å². The molecule has 0 saturated carbocycles. The van der Waals surface area contributed by atoms with Crippen LogP contribution in [0, 0.1) is 10.8 Å². The highest BCUT2D eigenvalue weighted by Crippen LogP contribution is 2.19. The lowest BCUT2D eigenvalue weighted by Crippen LogP contribution is -2.30. The molecule has 1 N–H and O–H groups in total. The van der Waals surface area contributed by atoms with Crippen LogP contribution in [0.4, 0.5) is 0 Å². The van der Waals surface area contributed by atoms with Crippen molar-refractivity contribution < 1.29 is 4.74 Å². The van der Waals surface area contributed by atoms with E-state index in [1.165, 1.54) is 5.56 Å². The molecule has 0 aliphatic heterocycles. The molecular weight excluding hydrogens is 258 g/mol. The van der Waals surface area contributed by atoms with Gasteiger partial charge in [0.15, 0.2) is 0 Å². The van der Waals surface area contributed by atoms with E-state index in [9.17, 15) is 0 Å². The highest BCUT2D eigenvalue weighted by molar-refractivity contribution is 5.52. The van der Waals surface area contributed by atoms with Crippen LogP contribution in [0.5, 0.6) is 5.75 Å². The monoisotopic (exact) mass is 289 g/mol. The third kappa shape index (κ3) is 9.30. The predicted octanol–water partition coefficient (Wildman–Crippen LogP) is 4.76. The van der Waals surface area contributed by atoms with Gasteiger partial charge in [-0.2, -0.15) is 0 Å². The van der Waals surface area contributed by atoms with E-state index < -0.39 is 0 Å². The average molecular weight is 289 g/mol. The summed E-state index contributed by atoms with van der Waals surface area (Å²) >= 11 is 0. The van der Waals surface area contributed by atoms with Crippen molar-refractivity contribution in [2.24, 2.45) is 10.8 Å². The smallest absolute Gasteiger partial charge is 0.119 e. The van der Waals surface area contributed by atoms with Crippen LogP contribution in [0.2, 0.25) is 0 Å². The molecule has 118 valence electrons. The SMILES string of the molecule is CC(C)(C)/C=C/c1cccc(OCCNCC(C)(C)C)c1. The van der Waals surface area contributed by atoms with Gasteiger partial charge in [-0.15, -0.1) is 0 Å². The molecule has 1 aromatic carbocycles. The second kappa shape index (κ2) is 7.65. The first-order valence-corrected chi connectivity index (χ1v) is 7.79. The first-order chi connectivity index (χ1) is 9.66.